The van der Waals surface area contributed by atoms with Crippen molar-refractivity contribution in [1.82, 2.24) is 44.9 Å². The number of nitrogens with zero attached hydrogens (tertiary/aromatic N) is 9. The van der Waals surface area contributed by atoms with E-state index in [0.717, 1.165) is 77.4 Å². The second-order valence-corrected chi connectivity index (χ2v) is 33.0. The molecule has 0 saturated carbocycles. The zero-order valence-electron chi connectivity index (χ0n) is 70.7. The van der Waals surface area contributed by atoms with Crippen LogP contribution in [0, 0.1) is 0 Å². The van der Waals surface area contributed by atoms with Gasteiger partial charge in [0.25, 0.3) is 0 Å². The Labute approximate surface area is 753 Å². The lowest BCUT2D eigenvalue weighted by molar-refractivity contribution is 0.669. The van der Waals surface area contributed by atoms with Gasteiger partial charge in [0.05, 0.1) is 0 Å². The molecular formula is C121H75N9O. The van der Waals surface area contributed by atoms with E-state index >= 15 is 0 Å². The number of hydrogen-bond acceptors (Lipinski definition) is 10. The molecule has 0 bridgehead atoms. The summed E-state index contributed by atoms with van der Waals surface area (Å²) in [7, 11) is 0. The zero-order chi connectivity index (χ0) is 86.7. The molecule has 10 heteroatoms. The highest BCUT2D eigenvalue weighted by Crippen LogP contribution is 2.44. The molecular weight excluding hydrogens is 1600 g/mol. The Morgan fingerprint density at radius 3 is 0.931 bits per heavy atom. The lowest BCUT2D eigenvalue weighted by atomic mass is 9.90. The maximum atomic E-state index is 6.25. The normalized spacial score (nSPS) is 11.5. The van der Waals surface area contributed by atoms with Crippen LogP contribution in [0.1, 0.15) is 0 Å². The molecule has 0 aliphatic heterocycles. The average Bonchev–Trinajstić information content (AvgIpc) is 1.74. The molecule has 131 heavy (non-hydrogen) atoms. The third-order valence-electron chi connectivity index (χ3n) is 25.1. The topological polar surface area (TPSA) is 129 Å². The number of aromatic nitrogens is 9. The van der Waals surface area contributed by atoms with Gasteiger partial charge in [0.15, 0.2) is 52.4 Å². The van der Waals surface area contributed by atoms with Crippen LogP contribution < -0.4 is 0 Å². The van der Waals surface area contributed by atoms with Crippen LogP contribution in [0.2, 0.25) is 0 Å². The van der Waals surface area contributed by atoms with Gasteiger partial charge in [-0.1, -0.05) is 406 Å². The van der Waals surface area contributed by atoms with Crippen molar-refractivity contribution in [2.24, 2.45) is 0 Å². The van der Waals surface area contributed by atoms with E-state index in [2.05, 4.69) is 303 Å². The van der Waals surface area contributed by atoms with Gasteiger partial charge in [0.2, 0.25) is 0 Å². The number of benzene rings is 22. The molecule has 0 atom stereocenters. The summed E-state index contributed by atoms with van der Waals surface area (Å²) in [6.07, 6.45) is 0. The summed E-state index contributed by atoms with van der Waals surface area (Å²) in [4.78, 5) is 45.1. The van der Waals surface area contributed by atoms with E-state index in [0.29, 0.717) is 52.4 Å². The number of rotatable bonds is 11. The first-order valence-electron chi connectivity index (χ1n) is 44.0. The Morgan fingerprint density at radius 1 is 0.122 bits per heavy atom. The Hall–Kier alpha value is -17.7. The molecule has 0 amide bonds. The first kappa shape index (κ1) is 76.9. The quantitative estimate of drug-likeness (QED) is 0.115. The molecule has 26 aromatic rings. The van der Waals surface area contributed by atoms with Gasteiger partial charge in [-0.3, -0.25) is 0 Å². The summed E-state index contributed by atoms with van der Waals surface area (Å²) >= 11 is 0. The van der Waals surface area contributed by atoms with E-state index in [1.54, 1.807) is 0 Å². The Balaban J connectivity index is 0.000000109. The molecule has 0 radical (unpaired) electrons. The molecule has 0 spiro atoms. The molecule has 0 aliphatic carbocycles. The van der Waals surface area contributed by atoms with Gasteiger partial charge in [-0.15, -0.1) is 0 Å². The van der Waals surface area contributed by atoms with Crippen molar-refractivity contribution >= 4 is 130 Å². The highest BCUT2D eigenvalue weighted by molar-refractivity contribution is 6.23. The minimum atomic E-state index is 0.610. The van der Waals surface area contributed by atoms with Crippen molar-refractivity contribution in [2.45, 2.75) is 0 Å². The van der Waals surface area contributed by atoms with Crippen molar-refractivity contribution in [3.05, 3.63) is 455 Å². The van der Waals surface area contributed by atoms with Crippen LogP contribution in [0.3, 0.4) is 0 Å². The van der Waals surface area contributed by atoms with Crippen LogP contribution in [-0.2, 0) is 0 Å². The van der Waals surface area contributed by atoms with Crippen LogP contribution in [-0.4, -0.2) is 44.9 Å². The molecule has 4 heterocycles. The predicted octanol–water partition coefficient (Wildman–Crippen LogP) is 31.4. The third kappa shape index (κ3) is 14.6. The summed E-state index contributed by atoms with van der Waals surface area (Å²) in [6.45, 7) is 0. The van der Waals surface area contributed by atoms with E-state index in [1.807, 2.05) is 152 Å². The molecule has 4 aromatic heterocycles. The van der Waals surface area contributed by atoms with Gasteiger partial charge in [0, 0.05) is 60.8 Å². The summed E-state index contributed by atoms with van der Waals surface area (Å²) in [5.74, 6) is 5.84. The lowest BCUT2D eigenvalue weighted by Gasteiger charge is -2.14. The molecule has 0 aliphatic rings. The van der Waals surface area contributed by atoms with Crippen molar-refractivity contribution in [3.8, 4) is 125 Å². The molecule has 10 nitrogen and oxygen atoms in total. The van der Waals surface area contributed by atoms with Crippen LogP contribution in [0.5, 0.6) is 0 Å². The van der Waals surface area contributed by atoms with E-state index in [1.165, 1.54) is 125 Å². The van der Waals surface area contributed by atoms with Gasteiger partial charge < -0.3 is 4.42 Å². The minimum absolute atomic E-state index is 0.610. The summed E-state index contributed by atoms with van der Waals surface area (Å²) < 4.78 is 6.25. The van der Waals surface area contributed by atoms with E-state index < -0.39 is 0 Å². The smallest absolute Gasteiger partial charge is 0.164 e. The fraction of sp³-hybridized carbons (Fsp3) is 0. The van der Waals surface area contributed by atoms with E-state index in [9.17, 15) is 0 Å². The number of hydrogen-bond donors (Lipinski definition) is 0. The third-order valence-corrected chi connectivity index (χ3v) is 25.1. The number of para-hydroxylation sites is 1. The van der Waals surface area contributed by atoms with Gasteiger partial charge in [-0.2, -0.15) is 0 Å². The highest BCUT2D eigenvalue weighted by Gasteiger charge is 2.23. The Morgan fingerprint density at radius 2 is 0.427 bits per heavy atom. The van der Waals surface area contributed by atoms with Crippen LogP contribution in [0.4, 0.5) is 0 Å². The molecule has 0 fully saturated rings. The Bertz CT molecular complexity index is 8840. The van der Waals surface area contributed by atoms with Gasteiger partial charge in [-0.05, 0) is 179 Å². The van der Waals surface area contributed by atoms with E-state index in [-0.39, 0.29) is 0 Å². The van der Waals surface area contributed by atoms with Gasteiger partial charge >= 0.3 is 0 Å². The van der Waals surface area contributed by atoms with Crippen molar-refractivity contribution in [1.29, 1.82) is 0 Å². The molecule has 0 N–H and O–H groups in total. The number of furan rings is 1. The monoisotopic (exact) mass is 1670 g/mol. The molecule has 0 unspecified atom stereocenters. The first-order valence-corrected chi connectivity index (χ1v) is 44.0. The van der Waals surface area contributed by atoms with Gasteiger partial charge in [-0.25, -0.2) is 44.9 Å². The standard InChI is InChI=1S/C43H25N3O.2C39H25N3/c1-2-10-30-24-31(22-16-26(30)8-1)41-44-42(46-43(45-41)35-13-7-15-38-40(35)34-12-5-6-14-37(34)47-38)32-23-19-28-18-21-29-20-17-27-9-3-4-11-33(27)39(29)36(28)25-32;1-4-12-26(13-5-1)35-25-36-33(31-18-10-11-19-32(31)35)23-22-27-20-21-30(24-34(27)36)39-41-37(28-14-6-2-7-15-28)40-38(42-39)29-16-8-3-9-17-29;1-4-10-26(11-5-1)31-18-16-27-20-23-34-33(35(27)24-31)22-21-28-17-19-32(25-36(28)34)39-41-37(29-12-6-2-7-13-29)40-38(42-39)30-14-8-3-9-15-30/h1-25H;2*1-25H. The second kappa shape index (κ2) is 33.0. The highest BCUT2D eigenvalue weighted by atomic mass is 16.3. The molecule has 26 rings (SSSR count). The minimum Gasteiger partial charge on any atom is -0.456 e. The fourth-order valence-electron chi connectivity index (χ4n) is 18.6. The number of fused-ring (bicyclic) bond motifs is 19. The molecule has 0 saturated heterocycles. The SMILES string of the molecule is c1ccc(-c2ccc3ccc4c5cc(-c6nc(-c7ccccc7)nc(-c7ccccc7)n6)ccc5ccc4c3c2)cc1.c1ccc(-c2nc(-c3ccccc3)nc(-c3ccc4ccc5c6ccccc6c(-c6ccccc6)cc5c4c3)n2)cc1.c1ccc2cc(-c3nc(-c4ccc5ccc6ccc7ccccc7c6c5c4)nc(-c4cccc5oc6ccccc6c45)n3)ccc2c1. The first-order chi connectivity index (χ1) is 64.9. The molecule has 22 aromatic carbocycles. The van der Waals surface area contributed by atoms with Gasteiger partial charge in [0.1, 0.15) is 11.2 Å². The predicted molar refractivity (Wildman–Crippen MR) is 542 cm³/mol. The Kier molecular flexibility index (Phi) is 19.4. The maximum absolute atomic E-state index is 6.25. The van der Waals surface area contributed by atoms with E-state index in [4.69, 9.17) is 49.3 Å². The maximum Gasteiger partial charge on any atom is 0.164 e. The summed E-state index contributed by atoms with van der Waals surface area (Å²) in [6, 6.07) is 159. The summed E-state index contributed by atoms with van der Waals surface area (Å²) in [5.41, 5.74) is 15.1. The average molecular weight is 1670 g/mol. The zero-order valence-corrected chi connectivity index (χ0v) is 70.7. The lowest BCUT2D eigenvalue weighted by Crippen LogP contribution is -2.00. The largest absolute Gasteiger partial charge is 0.456 e. The van der Waals surface area contributed by atoms with Crippen LogP contribution in [0.25, 0.3) is 254 Å². The second-order valence-electron chi connectivity index (χ2n) is 33.0. The van der Waals surface area contributed by atoms with Crippen LogP contribution in [0.15, 0.2) is 459 Å². The van der Waals surface area contributed by atoms with Crippen molar-refractivity contribution in [3.63, 3.8) is 0 Å². The molecule has 610 valence electrons. The van der Waals surface area contributed by atoms with Crippen molar-refractivity contribution in [2.75, 3.05) is 0 Å². The summed E-state index contributed by atoms with van der Waals surface area (Å²) in [5, 5.41) is 26.2. The van der Waals surface area contributed by atoms with Crippen LogP contribution >= 0.6 is 0 Å². The fourth-order valence-corrected chi connectivity index (χ4v) is 18.6. The van der Waals surface area contributed by atoms with Crippen molar-refractivity contribution < 1.29 is 4.42 Å².